The smallest absolute Gasteiger partial charge is 0.221 e. The van der Waals surface area contributed by atoms with Gasteiger partial charge in [0.2, 0.25) is 5.91 Å². The summed E-state index contributed by atoms with van der Waals surface area (Å²) in [6.07, 6.45) is 1.06. The zero-order chi connectivity index (χ0) is 12.7. The Hall–Kier alpha value is -1.67. The molecule has 1 rings (SSSR count). The first-order valence-electron chi connectivity index (χ1n) is 5.26. The number of rotatable bonds is 5. The van der Waals surface area contributed by atoms with Crippen LogP contribution < -0.4 is 5.32 Å². The molecule has 1 aromatic carbocycles. The lowest BCUT2D eigenvalue weighted by molar-refractivity contribution is -0.114. The summed E-state index contributed by atoms with van der Waals surface area (Å²) in [4.78, 5) is 11.5. The van der Waals surface area contributed by atoms with Gasteiger partial charge in [-0.05, 0) is 30.7 Å². The number of nitrogens with one attached hydrogen (secondary N) is 1. The quantitative estimate of drug-likeness (QED) is 0.813. The molecule has 0 aliphatic carbocycles. The molecule has 0 aromatic heterocycles. The molecule has 0 radical (unpaired) electrons. The molecule has 0 saturated heterocycles. The summed E-state index contributed by atoms with van der Waals surface area (Å²) < 4.78 is 11.8. The van der Waals surface area contributed by atoms with Crippen molar-refractivity contribution < 1.29 is 9.00 Å². The molecular weight excluding hydrogens is 236 g/mol. The standard InChI is InChI=1S/C12H14N2O2S/c1-10(15)14-11-4-6-12(7-5-11)17(16)9-3-2-8-13/h4-7H,2-3,9H2,1H3,(H,14,15)/t17-/m0/s1. The minimum absolute atomic E-state index is 0.132. The van der Waals surface area contributed by atoms with E-state index in [0.29, 0.717) is 24.3 Å². The van der Waals surface area contributed by atoms with Crippen LogP contribution >= 0.6 is 0 Å². The van der Waals surface area contributed by atoms with Crippen molar-refractivity contribution in [3.05, 3.63) is 24.3 Å². The lowest BCUT2D eigenvalue weighted by Gasteiger charge is -2.04. The fourth-order valence-electron chi connectivity index (χ4n) is 1.29. The predicted octanol–water partition coefficient (Wildman–Crippen LogP) is 2.06. The second-order valence-corrected chi connectivity index (χ2v) is 5.09. The zero-order valence-corrected chi connectivity index (χ0v) is 10.4. The number of unbranched alkanes of at least 4 members (excludes halogenated alkanes) is 1. The molecule has 17 heavy (non-hydrogen) atoms. The van der Waals surface area contributed by atoms with Gasteiger partial charge in [-0.2, -0.15) is 5.26 Å². The Bertz CT molecular complexity index is 449. The van der Waals surface area contributed by atoms with E-state index in [9.17, 15) is 9.00 Å². The lowest BCUT2D eigenvalue weighted by Crippen LogP contribution is -2.05. The Balaban J connectivity index is 2.58. The maximum atomic E-state index is 11.8. The fraction of sp³-hybridized carbons (Fsp3) is 0.333. The van der Waals surface area contributed by atoms with Crippen LogP contribution in [0.25, 0.3) is 0 Å². The first-order valence-corrected chi connectivity index (χ1v) is 6.58. The van der Waals surface area contributed by atoms with Crippen LogP contribution in [0.1, 0.15) is 19.8 Å². The molecule has 4 nitrogen and oxygen atoms in total. The van der Waals surface area contributed by atoms with Crippen LogP contribution in [0.5, 0.6) is 0 Å². The first kappa shape index (κ1) is 13.4. The molecule has 0 fully saturated rings. The molecule has 0 aliphatic rings. The van der Waals surface area contributed by atoms with Gasteiger partial charge >= 0.3 is 0 Å². The number of anilines is 1. The molecule has 5 heteroatoms. The molecule has 1 aromatic rings. The molecule has 0 saturated carbocycles. The van der Waals surface area contributed by atoms with Gasteiger partial charge in [0.1, 0.15) is 0 Å². The number of hydrogen-bond donors (Lipinski definition) is 1. The van der Waals surface area contributed by atoms with Crippen LogP contribution in [0, 0.1) is 11.3 Å². The second-order valence-electron chi connectivity index (χ2n) is 3.52. The van der Waals surface area contributed by atoms with Crippen molar-refractivity contribution in [2.45, 2.75) is 24.7 Å². The predicted molar refractivity (Wildman–Crippen MR) is 66.9 cm³/mol. The van der Waals surface area contributed by atoms with E-state index in [1.54, 1.807) is 24.3 Å². The molecule has 0 aliphatic heterocycles. The van der Waals surface area contributed by atoms with Crippen molar-refractivity contribution >= 4 is 22.4 Å². The summed E-state index contributed by atoms with van der Waals surface area (Å²) in [7, 11) is -1.07. The third-order valence-corrected chi connectivity index (χ3v) is 3.51. The molecule has 1 N–H and O–H groups in total. The Morgan fingerprint density at radius 3 is 2.59 bits per heavy atom. The molecule has 1 amide bonds. The molecule has 1 atom stereocenters. The summed E-state index contributed by atoms with van der Waals surface area (Å²) >= 11 is 0. The van der Waals surface area contributed by atoms with Gasteiger partial charge < -0.3 is 5.32 Å². The molecule has 0 unspecified atom stereocenters. The second kappa shape index (κ2) is 6.81. The Labute approximate surface area is 103 Å². The maximum absolute atomic E-state index is 11.8. The van der Waals surface area contributed by atoms with Crippen molar-refractivity contribution in [1.82, 2.24) is 0 Å². The SMILES string of the molecule is CC(=O)Nc1ccc([S@@](=O)CCCC#N)cc1. The lowest BCUT2D eigenvalue weighted by atomic mass is 10.3. The topological polar surface area (TPSA) is 70.0 Å². The van der Waals surface area contributed by atoms with Gasteiger partial charge in [0, 0.05) is 29.7 Å². The van der Waals surface area contributed by atoms with Crippen LogP contribution in [0.15, 0.2) is 29.2 Å². The van der Waals surface area contributed by atoms with Crippen LogP contribution in [-0.2, 0) is 15.6 Å². The van der Waals surface area contributed by atoms with E-state index >= 15 is 0 Å². The monoisotopic (exact) mass is 250 g/mol. The number of hydrogen-bond acceptors (Lipinski definition) is 3. The number of nitrogens with zero attached hydrogens (tertiary/aromatic N) is 1. The summed E-state index contributed by atoms with van der Waals surface area (Å²) in [6.45, 7) is 1.44. The molecule has 0 spiro atoms. The van der Waals surface area contributed by atoms with E-state index in [4.69, 9.17) is 5.26 Å². The maximum Gasteiger partial charge on any atom is 0.221 e. The zero-order valence-electron chi connectivity index (χ0n) is 9.60. The van der Waals surface area contributed by atoms with Crippen LogP contribution in [0.2, 0.25) is 0 Å². The molecule has 90 valence electrons. The molecule has 0 bridgehead atoms. The highest BCUT2D eigenvalue weighted by Crippen LogP contribution is 2.13. The van der Waals surface area contributed by atoms with Gasteiger partial charge in [0.05, 0.1) is 16.9 Å². The van der Waals surface area contributed by atoms with Gasteiger partial charge in [-0.3, -0.25) is 9.00 Å². The minimum Gasteiger partial charge on any atom is -0.326 e. The number of carbonyl (C=O) groups excluding carboxylic acids is 1. The van der Waals surface area contributed by atoms with Crippen molar-refractivity contribution in [2.24, 2.45) is 0 Å². The largest absolute Gasteiger partial charge is 0.326 e. The highest BCUT2D eigenvalue weighted by atomic mass is 32.2. The third-order valence-electron chi connectivity index (χ3n) is 2.06. The molecular formula is C12H14N2O2S. The van der Waals surface area contributed by atoms with E-state index in [-0.39, 0.29) is 5.91 Å². The summed E-state index contributed by atoms with van der Waals surface area (Å²) in [5, 5.41) is 11.0. The summed E-state index contributed by atoms with van der Waals surface area (Å²) in [5.74, 6) is 0.362. The number of benzene rings is 1. The minimum atomic E-state index is -1.07. The van der Waals surface area contributed by atoms with Gasteiger partial charge in [-0.15, -0.1) is 0 Å². The van der Waals surface area contributed by atoms with Gasteiger partial charge in [-0.1, -0.05) is 0 Å². The summed E-state index contributed by atoms with van der Waals surface area (Å²) in [5.41, 5.74) is 0.690. The van der Waals surface area contributed by atoms with Crippen molar-refractivity contribution in [1.29, 1.82) is 5.26 Å². The van der Waals surface area contributed by atoms with E-state index in [2.05, 4.69) is 5.32 Å². The van der Waals surface area contributed by atoms with E-state index in [1.807, 2.05) is 6.07 Å². The third kappa shape index (κ3) is 4.79. The Kier molecular flexibility index (Phi) is 5.37. The highest BCUT2D eigenvalue weighted by molar-refractivity contribution is 7.85. The van der Waals surface area contributed by atoms with Gasteiger partial charge in [-0.25, -0.2) is 0 Å². The van der Waals surface area contributed by atoms with Crippen molar-refractivity contribution in [2.75, 3.05) is 11.1 Å². The summed E-state index contributed by atoms with van der Waals surface area (Å²) in [6, 6.07) is 8.93. The molecule has 0 heterocycles. The highest BCUT2D eigenvalue weighted by Gasteiger charge is 2.03. The van der Waals surface area contributed by atoms with E-state index < -0.39 is 10.8 Å². The first-order chi connectivity index (χ1) is 8.13. The van der Waals surface area contributed by atoms with Gasteiger partial charge in [0.15, 0.2) is 0 Å². The van der Waals surface area contributed by atoms with Crippen LogP contribution in [0.4, 0.5) is 5.69 Å². The van der Waals surface area contributed by atoms with E-state index in [0.717, 1.165) is 4.90 Å². The van der Waals surface area contributed by atoms with Crippen molar-refractivity contribution in [3.8, 4) is 6.07 Å². The van der Waals surface area contributed by atoms with Crippen LogP contribution in [-0.4, -0.2) is 15.9 Å². The van der Waals surface area contributed by atoms with Crippen molar-refractivity contribution in [3.63, 3.8) is 0 Å². The Morgan fingerprint density at radius 2 is 2.06 bits per heavy atom. The number of amides is 1. The fourth-order valence-corrected chi connectivity index (χ4v) is 2.38. The average Bonchev–Trinajstić information content (AvgIpc) is 2.29. The number of carbonyl (C=O) groups is 1. The normalized spacial score (nSPS) is 11.5. The van der Waals surface area contributed by atoms with Crippen LogP contribution in [0.3, 0.4) is 0 Å². The Morgan fingerprint density at radius 1 is 1.41 bits per heavy atom. The average molecular weight is 250 g/mol. The van der Waals surface area contributed by atoms with Gasteiger partial charge in [0.25, 0.3) is 0 Å². The number of nitriles is 1. The van der Waals surface area contributed by atoms with E-state index in [1.165, 1.54) is 6.92 Å².